The molecule has 20 heavy (non-hydrogen) atoms. The van der Waals surface area contributed by atoms with Gasteiger partial charge in [-0.05, 0) is 46.9 Å². The lowest BCUT2D eigenvalue weighted by molar-refractivity contribution is 1.61. The Morgan fingerprint density at radius 2 is 1.40 bits per heavy atom. The molecule has 0 fully saturated rings. The van der Waals surface area contributed by atoms with Crippen LogP contribution in [0.5, 0.6) is 0 Å². The van der Waals surface area contributed by atoms with Crippen LogP contribution < -0.4 is 0 Å². The van der Waals surface area contributed by atoms with Gasteiger partial charge in [-0.25, -0.2) is 0 Å². The summed E-state index contributed by atoms with van der Waals surface area (Å²) in [4.78, 5) is 1.31. The van der Waals surface area contributed by atoms with Crippen LogP contribution in [0.1, 0.15) is 11.1 Å². The average Bonchev–Trinajstić information content (AvgIpc) is 2.91. The maximum atomic E-state index is 3.47. The lowest BCUT2D eigenvalue weighted by atomic mass is 10.2. The van der Waals surface area contributed by atoms with E-state index >= 15 is 0 Å². The summed E-state index contributed by atoms with van der Waals surface area (Å²) in [5.41, 5.74) is 2.50. The number of rotatable bonds is 2. The Balaban J connectivity index is 1.75. The SMILES string of the molecule is Brc1ccc(C=C2SC=C(c3ccc(Br)cc3)S2)cc1. The molecule has 0 amide bonds. The summed E-state index contributed by atoms with van der Waals surface area (Å²) in [5.74, 6) is 0. The Bertz CT molecular complexity index is 671. The first-order valence-electron chi connectivity index (χ1n) is 5.98. The molecule has 0 unspecified atom stereocenters. The molecule has 0 aliphatic carbocycles. The first kappa shape index (κ1) is 14.5. The second-order valence-corrected chi connectivity index (χ2v) is 8.31. The number of halogens is 2. The van der Waals surface area contributed by atoms with Crippen molar-refractivity contribution in [2.45, 2.75) is 0 Å². The first-order chi connectivity index (χ1) is 9.70. The van der Waals surface area contributed by atoms with E-state index < -0.39 is 0 Å². The molecule has 0 saturated carbocycles. The highest BCUT2D eigenvalue weighted by atomic mass is 79.9. The Morgan fingerprint density at radius 3 is 2.05 bits per heavy atom. The van der Waals surface area contributed by atoms with Gasteiger partial charge in [-0.1, -0.05) is 79.6 Å². The van der Waals surface area contributed by atoms with Crippen molar-refractivity contribution in [3.63, 3.8) is 0 Å². The fraction of sp³-hybridized carbons (Fsp3) is 0. The maximum absolute atomic E-state index is 3.47. The Hall–Kier alpha value is -0.420. The molecule has 1 heterocycles. The minimum Gasteiger partial charge on any atom is -0.0895 e. The molecule has 0 bridgehead atoms. The van der Waals surface area contributed by atoms with E-state index in [1.54, 1.807) is 11.8 Å². The van der Waals surface area contributed by atoms with Crippen molar-refractivity contribution in [2.24, 2.45) is 0 Å². The molecule has 0 nitrogen and oxygen atoms in total. The fourth-order valence-corrected chi connectivity index (χ4v) is 4.47. The molecular weight excluding hydrogens is 416 g/mol. The molecule has 100 valence electrons. The molecule has 0 N–H and O–H groups in total. The summed E-state index contributed by atoms with van der Waals surface area (Å²) in [5, 5.41) is 2.22. The van der Waals surface area contributed by atoms with E-state index in [0.717, 1.165) is 8.95 Å². The maximum Gasteiger partial charge on any atom is 0.0499 e. The summed E-state index contributed by atoms with van der Waals surface area (Å²) in [6, 6.07) is 16.8. The van der Waals surface area contributed by atoms with E-state index in [4.69, 9.17) is 0 Å². The van der Waals surface area contributed by atoms with Crippen LogP contribution in [0.2, 0.25) is 0 Å². The summed E-state index contributed by atoms with van der Waals surface area (Å²) in [6.07, 6.45) is 2.23. The normalized spacial score (nSPS) is 16.5. The van der Waals surface area contributed by atoms with Crippen LogP contribution in [-0.2, 0) is 0 Å². The molecule has 2 aromatic carbocycles. The molecule has 4 heteroatoms. The van der Waals surface area contributed by atoms with Gasteiger partial charge in [0.25, 0.3) is 0 Å². The van der Waals surface area contributed by atoms with Crippen LogP contribution in [-0.4, -0.2) is 0 Å². The van der Waals surface area contributed by atoms with Crippen LogP contribution in [0.3, 0.4) is 0 Å². The van der Waals surface area contributed by atoms with Crippen LogP contribution in [0.4, 0.5) is 0 Å². The number of benzene rings is 2. The third kappa shape index (κ3) is 3.61. The molecule has 0 spiro atoms. The zero-order valence-electron chi connectivity index (χ0n) is 10.3. The van der Waals surface area contributed by atoms with Gasteiger partial charge in [0.2, 0.25) is 0 Å². The van der Waals surface area contributed by atoms with Gasteiger partial charge in [-0.3, -0.25) is 0 Å². The van der Waals surface area contributed by atoms with Gasteiger partial charge < -0.3 is 0 Å². The van der Waals surface area contributed by atoms with E-state index in [2.05, 4.69) is 91.9 Å². The van der Waals surface area contributed by atoms with Crippen molar-refractivity contribution in [2.75, 3.05) is 0 Å². The van der Waals surface area contributed by atoms with Gasteiger partial charge in [0, 0.05) is 18.1 Å². The minimum atomic E-state index is 1.11. The highest BCUT2D eigenvalue weighted by molar-refractivity contribution is 9.10. The van der Waals surface area contributed by atoms with Crippen molar-refractivity contribution < 1.29 is 0 Å². The predicted molar refractivity (Wildman–Crippen MR) is 99.4 cm³/mol. The standard InChI is InChI=1S/C16H10Br2S2/c17-13-5-1-11(2-6-13)9-16-19-10-15(20-16)12-3-7-14(18)8-4-12/h1-10H. The Kier molecular flexibility index (Phi) is 4.76. The number of hydrogen-bond acceptors (Lipinski definition) is 2. The Morgan fingerprint density at radius 1 is 0.800 bits per heavy atom. The highest BCUT2D eigenvalue weighted by Crippen LogP contribution is 2.49. The molecule has 0 atom stereocenters. The molecule has 0 aromatic heterocycles. The second-order valence-electron chi connectivity index (χ2n) is 4.22. The third-order valence-electron chi connectivity index (χ3n) is 2.78. The van der Waals surface area contributed by atoms with Crippen molar-refractivity contribution in [1.29, 1.82) is 0 Å². The fourth-order valence-electron chi connectivity index (χ4n) is 1.77. The number of thioether (sulfide) groups is 2. The summed E-state index contributed by atoms with van der Waals surface area (Å²) >= 11 is 10.5. The topological polar surface area (TPSA) is 0 Å². The van der Waals surface area contributed by atoms with Gasteiger partial charge >= 0.3 is 0 Å². The van der Waals surface area contributed by atoms with E-state index in [1.165, 1.54) is 20.3 Å². The van der Waals surface area contributed by atoms with E-state index in [1.807, 2.05) is 11.8 Å². The first-order valence-corrected chi connectivity index (χ1v) is 9.27. The molecule has 0 radical (unpaired) electrons. The lowest BCUT2D eigenvalue weighted by Crippen LogP contribution is -1.76. The van der Waals surface area contributed by atoms with Crippen LogP contribution >= 0.6 is 55.4 Å². The van der Waals surface area contributed by atoms with Crippen LogP contribution in [0, 0.1) is 0 Å². The van der Waals surface area contributed by atoms with Gasteiger partial charge in [-0.2, -0.15) is 0 Å². The third-order valence-corrected chi connectivity index (χ3v) is 6.12. The molecule has 0 saturated heterocycles. The van der Waals surface area contributed by atoms with Crippen LogP contribution in [0.25, 0.3) is 11.0 Å². The van der Waals surface area contributed by atoms with Crippen molar-refractivity contribution in [3.05, 3.63) is 78.2 Å². The molecule has 2 aromatic rings. The summed E-state index contributed by atoms with van der Waals surface area (Å²) in [7, 11) is 0. The van der Waals surface area contributed by atoms with E-state index in [9.17, 15) is 0 Å². The van der Waals surface area contributed by atoms with Gasteiger partial charge in [-0.15, -0.1) is 0 Å². The molecule has 1 aliphatic heterocycles. The molecule has 1 aliphatic rings. The predicted octanol–water partition coefficient (Wildman–Crippen LogP) is 6.99. The van der Waals surface area contributed by atoms with E-state index in [0.29, 0.717) is 0 Å². The molecular formula is C16H10Br2S2. The van der Waals surface area contributed by atoms with Crippen molar-refractivity contribution in [3.8, 4) is 0 Å². The zero-order chi connectivity index (χ0) is 13.9. The largest absolute Gasteiger partial charge is 0.0895 e. The summed E-state index contributed by atoms with van der Waals surface area (Å²) < 4.78 is 3.54. The lowest BCUT2D eigenvalue weighted by Gasteiger charge is -2.02. The second kappa shape index (κ2) is 6.56. The van der Waals surface area contributed by atoms with Crippen molar-refractivity contribution >= 4 is 66.4 Å². The molecule has 3 rings (SSSR count). The van der Waals surface area contributed by atoms with Gasteiger partial charge in [0.1, 0.15) is 0 Å². The van der Waals surface area contributed by atoms with Gasteiger partial charge in [0.05, 0.1) is 0 Å². The number of hydrogen-bond donors (Lipinski definition) is 0. The van der Waals surface area contributed by atoms with Crippen molar-refractivity contribution in [1.82, 2.24) is 0 Å². The Labute approximate surface area is 144 Å². The highest BCUT2D eigenvalue weighted by Gasteiger charge is 2.13. The minimum absolute atomic E-state index is 1.11. The monoisotopic (exact) mass is 424 g/mol. The van der Waals surface area contributed by atoms with Crippen LogP contribution in [0.15, 0.2) is 67.1 Å². The van der Waals surface area contributed by atoms with Gasteiger partial charge in [0.15, 0.2) is 0 Å². The average molecular weight is 426 g/mol. The smallest absolute Gasteiger partial charge is 0.0499 e. The summed E-state index contributed by atoms with van der Waals surface area (Å²) in [6.45, 7) is 0. The zero-order valence-corrected chi connectivity index (χ0v) is 15.2. The quantitative estimate of drug-likeness (QED) is 0.508. The van der Waals surface area contributed by atoms with E-state index in [-0.39, 0.29) is 0 Å².